The maximum Gasteiger partial charge on any atom is 0.157 e. The summed E-state index contributed by atoms with van der Waals surface area (Å²) in [5.41, 5.74) is 2.65. The number of allylic oxidation sites excluding steroid dienone is 2. The molecule has 3 rings (SSSR count). The highest BCUT2D eigenvalue weighted by molar-refractivity contribution is 5.91. The molecule has 2 aliphatic rings. The molecule has 112 valence electrons. The highest BCUT2D eigenvalue weighted by atomic mass is 16.1. The lowest BCUT2D eigenvalue weighted by molar-refractivity contribution is -0.117. The van der Waals surface area contributed by atoms with Gasteiger partial charge in [-0.3, -0.25) is 4.79 Å². The van der Waals surface area contributed by atoms with Crippen LogP contribution in [0.4, 0.5) is 5.69 Å². The predicted molar refractivity (Wildman–Crippen MR) is 86.3 cm³/mol. The Labute approximate surface area is 127 Å². The van der Waals surface area contributed by atoms with Crippen molar-refractivity contribution in [3.05, 3.63) is 42.1 Å². The van der Waals surface area contributed by atoms with Crippen LogP contribution in [0.3, 0.4) is 0 Å². The third-order valence-electron chi connectivity index (χ3n) is 4.45. The Balaban J connectivity index is 1.65. The first kappa shape index (κ1) is 14.2. The van der Waals surface area contributed by atoms with E-state index in [1.807, 2.05) is 6.08 Å². The molecule has 3 heteroatoms. The number of para-hydroxylation sites is 1. The first-order valence-corrected chi connectivity index (χ1v) is 7.82. The number of ketones is 1. The first-order valence-electron chi connectivity index (χ1n) is 7.82. The Morgan fingerprint density at radius 2 is 1.52 bits per heavy atom. The lowest BCUT2D eigenvalue weighted by atomic mass is 9.78. The van der Waals surface area contributed by atoms with E-state index in [1.54, 1.807) is 0 Å². The number of carbonyl (C=O) groups excluding carboxylic acids is 1. The molecule has 0 N–H and O–H groups in total. The average Bonchev–Trinajstić information content (AvgIpc) is 2.46. The van der Waals surface area contributed by atoms with Gasteiger partial charge in [0.05, 0.1) is 0 Å². The Bertz CT molecular complexity index is 540. The number of benzene rings is 1. The summed E-state index contributed by atoms with van der Waals surface area (Å²) in [5.74, 6) is 0.284. The van der Waals surface area contributed by atoms with Crippen molar-refractivity contribution in [2.75, 3.05) is 31.1 Å². The number of carbonyl (C=O) groups is 1. The van der Waals surface area contributed by atoms with Crippen molar-refractivity contribution in [2.45, 2.75) is 26.7 Å². The zero-order valence-corrected chi connectivity index (χ0v) is 13.0. The molecular formula is C18H24N2O. The highest BCUT2D eigenvalue weighted by Crippen LogP contribution is 2.35. The molecule has 0 atom stereocenters. The van der Waals surface area contributed by atoms with Crippen LogP contribution in [0.1, 0.15) is 26.7 Å². The Kier molecular flexibility index (Phi) is 3.75. The second-order valence-corrected chi connectivity index (χ2v) is 6.93. The number of hydrogen-bond donors (Lipinski definition) is 0. The number of nitrogens with zero attached hydrogens (tertiary/aromatic N) is 2. The normalized spacial score (nSPS) is 22.2. The van der Waals surface area contributed by atoms with Crippen LogP contribution in [0.2, 0.25) is 0 Å². The predicted octanol–water partition coefficient (Wildman–Crippen LogP) is 3.08. The van der Waals surface area contributed by atoms with E-state index < -0.39 is 0 Å². The zero-order chi connectivity index (χ0) is 14.9. The summed E-state index contributed by atoms with van der Waals surface area (Å²) in [7, 11) is 0. The second kappa shape index (κ2) is 5.55. The molecule has 3 nitrogen and oxygen atoms in total. The molecule has 21 heavy (non-hydrogen) atoms. The summed E-state index contributed by atoms with van der Waals surface area (Å²) in [5, 5.41) is 0. The fourth-order valence-electron chi connectivity index (χ4n) is 3.41. The molecule has 0 amide bonds. The standard InChI is InChI=1S/C18H24N2O/c1-18(2)13-16(12-17(21)14-18)20-10-8-19(9-11-20)15-6-4-3-5-7-15/h3-7,12H,8-11,13-14H2,1-2H3. The molecule has 1 heterocycles. The number of hydrogen-bond acceptors (Lipinski definition) is 3. The Morgan fingerprint density at radius 3 is 2.14 bits per heavy atom. The van der Waals surface area contributed by atoms with E-state index in [0.29, 0.717) is 6.42 Å². The van der Waals surface area contributed by atoms with Crippen LogP contribution in [0, 0.1) is 5.41 Å². The molecule has 1 saturated heterocycles. The lowest BCUT2D eigenvalue weighted by Gasteiger charge is -2.41. The molecule has 1 aromatic rings. The third kappa shape index (κ3) is 3.29. The molecule has 0 radical (unpaired) electrons. The first-order chi connectivity index (χ1) is 10.0. The van der Waals surface area contributed by atoms with Gasteiger partial charge in [-0.2, -0.15) is 0 Å². The minimum absolute atomic E-state index is 0.109. The van der Waals surface area contributed by atoms with E-state index in [2.05, 4.69) is 54.0 Å². The van der Waals surface area contributed by atoms with E-state index in [4.69, 9.17) is 0 Å². The van der Waals surface area contributed by atoms with Gasteiger partial charge >= 0.3 is 0 Å². The van der Waals surface area contributed by atoms with E-state index >= 15 is 0 Å². The van der Waals surface area contributed by atoms with Crippen molar-refractivity contribution >= 4 is 11.5 Å². The molecule has 0 saturated carbocycles. The van der Waals surface area contributed by atoms with E-state index in [0.717, 1.165) is 32.6 Å². The van der Waals surface area contributed by atoms with E-state index in [9.17, 15) is 4.79 Å². The van der Waals surface area contributed by atoms with Crippen molar-refractivity contribution in [3.8, 4) is 0 Å². The smallest absolute Gasteiger partial charge is 0.157 e. The largest absolute Gasteiger partial charge is 0.371 e. The maximum atomic E-state index is 11.9. The van der Waals surface area contributed by atoms with Crippen LogP contribution < -0.4 is 4.90 Å². The van der Waals surface area contributed by atoms with Crippen molar-refractivity contribution < 1.29 is 4.79 Å². The fourth-order valence-corrected chi connectivity index (χ4v) is 3.41. The van der Waals surface area contributed by atoms with Crippen LogP contribution in [0.15, 0.2) is 42.1 Å². The number of rotatable bonds is 2. The molecule has 0 bridgehead atoms. The van der Waals surface area contributed by atoms with Gasteiger partial charge in [0.2, 0.25) is 0 Å². The van der Waals surface area contributed by atoms with Gasteiger partial charge in [-0.25, -0.2) is 0 Å². The van der Waals surface area contributed by atoms with Crippen LogP contribution in [0.25, 0.3) is 0 Å². The van der Waals surface area contributed by atoms with Crippen molar-refractivity contribution in [1.29, 1.82) is 0 Å². The topological polar surface area (TPSA) is 23.6 Å². The van der Waals surface area contributed by atoms with Gasteiger partial charge < -0.3 is 9.80 Å². The van der Waals surface area contributed by atoms with Crippen LogP contribution in [-0.2, 0) is 4.79 Å². The van der Waals surface area contributed by atoms with E-state index in [1.165, 1.54) is 11.4 Å². The van der Waals surface area contributed by atoms with Gasteiger partial charge in [0.1, 0.15) is 0 Å². The van der Waals surface area contributed by atoms with E-state index in [-0.39, 0.29) is 11.2 Å². The lowest BCUT2D eigenvalue weighted by Crippen LogP contribution is -2.47. The van der Waals surface area contributed by atoms with Gasteiger partial charge in [0, 0.05) is 50.1 Å². The molecule has 0 aromatic heterocycles. The third-order valence-corrected chi connectivity index (χ3v) is 4.45. The minimum Gasteiger partial charge on any atom is -0.371 e. The van der Waals surface area contributed by atoms with Crippen LogP contribution in [-0.4, -0.2) is 36.9 Å². The van der Waals surface area contributed by atoms with Crippen molar-refractivity contribution in [3.63, 3.8) is 0 Å². The zero-order valence-electron chi connectivity index (χ0n) is 13.0. The molecule has 1 fully saturated rings. The van der Waals surface area contributed by atoms with Crippen LogP contribution in [0.5, 0.6) is 0 Å². The minimum atomic E-state index is 0.109. The Hall–Kier alpha value is -1.77. The summed E-state index contributed by atoms with van der Waals surface area (Å²) in [6.07, 6.45) is 3.58. The Morgan fingerprint density at radius 1 is 0.905 bits per heavy atom. The van der Waals surface area contributed by atoms with Crippen molar-refractivity contribution in [1.82, 2.24) is 4.90 Å². The summed E-state index contributed by atoms with van der Waals surface area (Å²) in [6, 6.07) is 10.6. The number of anilines is 1. The maximum absolute atomic E-state index is 11.9. The molecule has 1 aromatic carbocycles. The summed E-state index contributed by atoms with van der Waals surface area (Å²) in [6.45, 7) is 8.44. The second-order valence-electron chi connectivity index (χ2n) is 6.93. The SMILES string of the molecule is CC1(C)CC(=O)C=C(N2CCN(c3ccccc3)CC2)C1. The molecule has 0 unspecified atom stereocenters. The highest BCUT2D eigenvalue weighted by Gasteiger charge is 2.30. The summed E-state index contributed by atoms with van der Waals surface area (Å²) >= 11 is 0. The van der Waals surface area contributed by atoms with Gasteiger partial charge in [0.25, 0.3) is 0 Å². The fraction of sp³-hybridized carbons (Fsp3) is 0.500. The molecule has 1 aliphatic carbocycles. The summed E-state index contributed by atoms with van der Waals surface area (Å²) < 4.78 is 0. The van der Waals surface area contributed by atoms with Gasteiger partial charge in [0.15, 0.2) is 5.78 Å². The molecule has 0 spiro atoms. The van der Waals surface area contributed by atoms with Gasteiger partial charge in [-0.05, 0) is 24.0 Å². The average molecular weight is 284 g/mol. The summed E-state index contributed by atoms with van der Waals surface area (Å²) in [4.78, 5) is 16.7. The van der Waals surface area contributed by atoms with Gasteiger partial charge in [-0.15, -0.1) is 0 Å². The quantitative estimate of drug-likeness (QED) is 0.834. The van der Waals surface area contributed by atoms with Crippen LogP contribution >= 0.6 is 0 Å². The number of piperazine rings is 1. The monoisotopic (exact) mass is 284 g/mol. The van der Waals surface area contributed by atoms with Crippen molar-refractivity contribution in [2.24, 2.45) is 5.41 Å². The van der Waals surface area contributed by atoms with Gasteiger partial charge in [-0.1, -0.05) is 32.0 Å². The molecule has 1 aliphatic heterocycles. The molecular weight excluding hydrogens is 260 g/mol.